The summed E-state index contributed by atoms with van der Waals surface area (Å²) in [7, 11) is 0.914. The molecule has 0 amide bonds. The Morgan fingerprint density at radius 3 is 2.38 bits per heavy atom. The number of benzene rings is 1. The second-order valence-electron chi connectivity index (χ2n) is 4.39. The molecule has 0 heterocycles. The van der Waals surface area contributed by atoms with E-state index in [1.165, 1.54) is 10.8 Å². The first-order chi connectivity index (χ1) is 9.90. The van der Waals surface area contributed by atoms with Crippen LogP contribution in [-0.4, -0.2) is 40.6 Å². The van der Waals surface area contributed by atoms with E-state index >= 15 is 0 Å². The fraction of sp³-hybridized carbons (Fsp3) is 0.385. The van der Waals surface area contributed by atoms with E-state index in [1.54, 1.807) is 0 Å². The van der Waals surface area contributed by atoms with E-state index in [4.69, 9.17) is 16.6 Å². The van der Waals surface area contributed by atoms with Crippen LogP contribution in [0.25, 0.3) is 0 Å². The summed E-state index contributed by atoms with van der Waals surface area (Å²) in [6.45, 7) is 0. The van der Waals surface area contributed by atoms with Crippen LogP contribution in [0.5, 0.6) is 0 Å². The van der Waals surface area contributed by atoms with Gasteiger partial charge in [0.1, 0.15) is 17.5 Å². The van der Waals surface area contributed by atoms with Crippen molar-refractivity contribution in [2.45, 2.75) is 17.8 Å². The van der Waals surface area contributed by atoms with Gasteiger partial charge in [-0.15, -0.1) is 0 Å². The Bertz CT molecular complexity index is 472. The highest BCUT2D eigenvalue weighted by Crippen LogP contribution is 2.23. The molecule has 0 radical (unpaired) electrons. The number of hydrogen-bond acceptors (Lipinski definition) is 6. The van der Waals surface area contributed by atoms with Gasteiger partial charge in [-0.3, -0.25) is 4.79 Å². The third-order valence-corrected chi connectivity index (χ3v) is 6.95. The summed E-state index contributed by atoms with van der Waals surface area (Å²) in [5, 5.41) is 19.5. The molecule has 0 fully saturated rings. The van der Waals surface area contributed by atoms with Crippen molar-refractivity contribution in [3.63, 3.8) is 0 Å². The van der Waals surface area contributed by atoms with Gasteiger partial charge in [0.05, 0.1) is 38.5 Å². The second kappa shape index (κ2) is 8.93. The Kier molecular flexibility index (Phi) is 7.58. The number of rotatable bonds is 9. The smallest absolute Gasteiger partial charge is 0.325 e. The van der Waals surface area contributed by atoms with Crippen molar-refractivity contribution >= 4 is 32.7 Å². The highest BCUT2D eigenvalue weighted by atomic mass is 33.1. The van der Waals surface area contributed by atoms with Gasteiger partial charge < -0.3 is 26.5 Å². The maximum Gasteiger partial charge on any atom is 0.325 e. The summed E-state index contributed by atoms with van der Waals surface area (Å²) in [5.74, 6) is -1.30. The van der Waals surface area contributed by atoms with Crippen molar-refractivity contribution in [1.82, 2.24) is 0 Å². The lowest BCUT2D eigenvalue weighted by Gasteiger charge is -2.13. The minimum atomic E-state index is -1.31. The third-order valence-electron chi connectivity index (χ3n) is 2.57. The van der Waals surface area contributed by atoms with Gasteiger partial charge in [-0.1, -0.05) is 30.3 Å². The van der Waals surface area contributed by atoms with Gasteiger partial charge in [-0.25, -0.2) is 0 Å². The molecule has 0 aliphatic heterocycles. The lowest BCUT2D eigenvalue weighted by atomic mass is 10.2. The van der Waals surface area contributed by atoms with E-state index in [-0.39, 0.29) is 11.5 Å². The molecule has 0 aliphatic rings. The lowest BCUT2D eigenvalue weighted by molar-refractivity contribution is -0.306. The predicted octanol–water partition coefficient (Wildman–Crippen LogP) is -1.06. The first kappa shape index (κ1) is 17.8. The average Bonchev–Trinajstić information content (AvgIpc) is 2.45. The first-order valence-corrected chi connectivity index (χ1v) is 9.26. The van der Waals surface area contributed by atoms with E-state index in [0.29, 0.717) is 5.75 Å². The first-order valence-electron chi connectivity index (χ1n) is 6.19. The van der Waals surface area contributed by atoms with Gasteiger partial charge in [-0.05, 0) is 0 Å². The molecule has 6 nitrogen and oxygen atoms in total. The molecule has 0 saturated carbocycles. The average molecular weight is 330 g/mol. The molecule has 0 saturated heterocycles. The Labute approximate surface area is 129 Å². The molecule has 3 atom stereocenters. The summed E-state index contributed by atoms with van der Waals surface area (Å²) >= 11 is 0. The van der Waals surface area contributed by atoms with Gasteiger partial charge in [0.25, 0.3) is 0 Å². The molecule has 21 heavy (non-hydrogen) atoms. The van der Waals surface area contributed by atoms with Crippen LogP contribution in [0.4, 0.5) is 0 Å². The summed E-state index contributed by atoms with van der Waals surface area (Å²) in [4.78, 5) is 21.5. The number of hydrogen-bond donors (Lipinski definition) is 3. The number of carbonyl (C=O) groups is 2. The number of nitrogens with two attached hydrogens (primary N) is 2. The van der Waals surface area contributed by atoms with E-state index in [1.807, 2.05) is 30.3 Å². The minimum absolute atomic E-state index is 0.171. The van der Waals surface area contributed by atoms with Gasteiger partial charge in [0.15, 0.2) is 0 Å². The van der Waals surface area contributed by atoms with Gasteiger partial charge >= 0.3 is 5.97 Å². The molecule has 8 heteroatoms. The molecular weight excluding hydrogens is 312 g/mol. The zero-order chi connectivity index (χ0) is 15.8. The van der Waals surface area contributed by atoms with E-state index in [9.17, 15) is 14.7 Å². The van der Waals surface area contributed by atoms with Crippen molar-refractivity contribution in [2.24, 2.45) is 11.5 Å². The van der Waals surface area contributed by atoms with Crippen molar-refractivity contribution in [3.8, 4) is 0 Å². The van der Waals surface area contributed by atoms with Crippen LogP contribution in [0.3, 0.4) is 0 Å². The summed E-state index contributed by atoms with van der Waals surface area (Å²) in [5.41, 5.74) is 12.0. The molecule has 0 aliphatic carbocycles. The molecule has 5 N–H and O–H groups in total. The minimum Gasteiger partial charge on any atom is -0.548 e. The molecule has 1 aromatic carbocycles. The van der Waals surface area contributed by atoms with E-state index in [0.717, 1.165) is 5.56 Å². The number of carboxylic acids is 2. The van der Waals surface area contributed by atoms with E-state index in [2.05, 4.69) is 0 Å². The molecule has 0 aromatic heterocycles. The molecule has 116 valence electrons. The third kappa shape index (κ3) is 6.85. The summed E-state index contributed by atoms with van der Waals surface area (Å²) in [6, 6.07) is 7.52. The van der Waals surface area contributed by atoms with Crippen LogP contribution in [-0.2, 0) is 25.3 Å². The highest BCUT2D eigenvalue weighted by Gasteiger charge is 2.29. The topological polar surface area (TPSA) is 129 Å². The van der Waals surface area contributed by atoms with Crippen LogP contribution >= 0.6 is 10.8 Å². The number of carbonyl (C=O) groups excluding carboxylic acids is 1. The monoisotopic (exact) mass is 330 g/mol. The largest absolute Gasteiger partial charge is 0.548 e. The molecule has 0 bridgehead atoms. The normalized spacial score (nSPS) is 15.1. The number of aliphatic carboxylic acids is 2. The van der Waals surface area contributed by atoms with Gasteiger partial charge in [0, 0.05) is 5.56 Å². The van der Waals surface area contributed by atoms with Crippen LogP contribution in [0.2, 0.25) is 0 Å². The second-order valence-corrected chi connectivity index (χ2v) is 8.58. The fourth-order valence-electron chi connectivity index (χ4n) is 1.42. The lowest BCUT2D eigenvalue weighted by Crippen LogP contribution is -2.44. The Hall–Kier alpha value is -1.22. The van der Waals surface area contributed by atoms with Gasteiger partial charge in [-0.2, -0.15) is 0 Å². The Balaban J connectivity index is 2.65. The zero-order valence-corrected chi connectivity index (χ0v) is 12.9. The quantitative estimate of drug-likeness (QED) is 0.389. The van der Waals surface area contributed by atoms with Crippen molar-refractivity contribution in [1.29, 1.82) is 0 Å². The fourth-order valence-corrected chi connectivity index (χ4v) is 5.70. The number of carboxylic acid groups (broad SMARTS) is 2. The maximum absolute atomic E-state index is 10.9. The summed E-state index contributed by atoms with van der Waals surface area (Å²) in [6.07, 6.45) is 0. The molecule has 0 spiro atoms. The molecular formula is C13H18N2O4S2. The SMILES string of the molecule is N[C@@H](CS[S+](Cc1ccccc1)C[C@H](N)C(=O)O)C(=O)[O-]. The predicted molar refractivity (Wildman–Crippen MR) is 83.4 cm³/mol. The molecule has 1 aromatic rings. The van der Waals surface area contributed by atoms with Crippen molar-refractivity contribution in [3.05, 3.63) is 35.9 Å². The maximum atomic E-state index is 10.9. The van der Waals surface area contributed by atoms with E-state index < -0.39 is 33.9 Å². The summed E-state index contributed by atoms with van der Waals surface area (Å²) < 4.78 is 0. The zero-order valence-electron chi connectivity index (χ0n) is 11.3. The molecule has 1 rings (SSSR count). The van der Waals surface area contributed by atoms with Crippen molar-refractivity contribution < 1.29 is 19.8 Å². The van der Waals surface area contributed by atoms with Crippen LogP contribution in [0.1, 0.15) is 5.56 Å². The van der Waals surface area contributed by atoms with Crippen LogP contribution in [0, 0.1) is 0 Å². The van der Waals surface area contributed by atoms with Gasteiger partial charge in [0.2, 0.25) is 0 Å². The molecule has 1 unspecified atom stereocenters. The Morgan fingerprint density at radius 2 is 1.86 bits per heavy atom. The van der Waals surface area contributed by atoms with Crippen LogP contribution < -0.4 is 16.6 Å². The van der Waals surface area contributed by atoms with Crippen molar-refractivity contribution in [2.75, 3.05) is 11.5 Å². The highest BCUT2D eigenvalue weighted by molar-refractivity contribution is 8.73. The van der Waals surface area contributed by atoms with Crippen LogP contribution in [0.15, 0.2) is 30.3 Å². The Morgan fingerprint density at radius 1 is 1.24 bits per heavy atom. The standard InChI is InChI=1S/C13H18N2O4S2/c14-10(12(16)17)6-20-21(8-11(15)13(18)19)7-9-4-2-1-3-5-9/h1-5,10-11H,6-8,14-15H2,(H-,16,17,18,19)/t10-,11-,21?/m0/s1.